The lowest BCUT2D eigenvalue weighted by atomic mass is 10.0. The largest absolute Gasteiger partial charge is 0.302 e. The summed E-state index contributed by atoms with van der Waals surface area (Å²) in [5, 5.41) is 15.0. The van der Waals surface area contributed by atoms with Gasteiger partial charge in [0, 0.05) is 33.7 Å². The fourth-order valence-corrected chi connectivity index (χ4v) is 5.89. The average molecular weight is 442 g/mol. The van der Waals surface area contributed by atoms with Crippen molar-refractivity contribution in [3.8, 4) is 22.5 Å². The molecule has 0 N–H and O–H groups in total. The molecule has 0 saturated heterocycles. The fourth-order valence-electron chi connectivity index (χ4n) is 4.02. The smallest absolute Gasteiger partial charge is 0.191 e. The molecule has 3 aromatic carbocycles. The summed E-state index contributed by atoms with van der Waals surface area (Å²) in [6.07, 6.45) is 0. The third-order valence-corrected chi connectivity index (χ3v) is 7.47. The molecule has 5 rings (SSSR count). The first kappa shape index (κ1) is 20.0. The summed E-state index contributed by atoms with van der Waals surface area (Å²) >= 11 is 3.53. The first-order chi connectivity index (χ1) is 15.3. The molecule has 154 valence electrons. The molecule has 0 bridgehead atoms. The predicted octanol–water partition coefficient (Wildman–Crippen LogP) is 7.45. The molecule has 0 aliphatic heterocycles. The molecule has 0 spiro atoms. The quantitative estimate of drug-likeness (QED) is 0.256. The molecule has 2 aromatic heterocycles. The van der Waals surface area contributed by atoms with Crippen molar-refractivity contribution in [3.05, 3.63) is 88.6 Å². The van der Waals surface area contributed by atoms with Gasteiger partial charge >= 0.3 is 0 Å². The SMILES string of the molecule is CCn1c(SCc2cccc3ccccc23)nnc1-c1csc(C)c1-c1ccccc1. The monoisotopic (exact) mass is 441 g/mol. The molecule has 0 radical (unpaired) electrons. The molecule has 0 atom stereocenters. The Kier molecular flexibility index (Phi) is 5.62. The number of aromatic nitrogens is 3. The Bertz CT molecular complexity index is 1330. The van der Waals surface area contributed by atoms with E-state index in [4.69, 9.17) is 0 Å². The molecule has 0 saturated carbocycles. The van der Waals surface area contributed by atoms with Crippen molar-refractivity contribution in [2.75, 3.05) is 0 Å². The van der Waals surface area contributed by atoms with E-state index in [1.54, 1.807) is 23.1 Å². The van der Waals surface area contributed by atoms with Crippen LogP contribution < -0.4 is 0 Å². The second-order valence-corrected chi connectivity index (χ2v) is 9.45. The van der Waals surface area contributed by atoms with E-state index < -0.39 is 0 Å². The lowest BCUT2D eigenvalue weighted by molar-refractivity contribution is 0.687. The van der Waals surface area contributed by atoms with Gasteiger partial charge in [0.25, 0.3) is 0 Å². The number of hydrogen-bond donors (Lipinski definition) is 0. The van der Waals surface area contributed by atoms with Crippen molar-refractivity contribution in [3.63, 3.8) is 0 Å². The molecule has 3 nitrogen and oxygen atoms in total. The Labute approximate surface area is 190 Å². The van der Waals surface area contributed by atoms with Crippen LogP contribution in [0, 0.1) is 6.92 Å². The standard InChI is InChI=1S/C26H23N3S2/c1-3-29-25(23-17-30-18(2)24(23)20-11-5-4-6-12-20)27-28-26(29)31-16-21-14-9-13-19-10-7-8-15-22(19)21/h4-15,17H,3,16H2,1-2H3. The summed E-state index contributed by atoms with van der Waals surface area (Å²) < 4.78 is 2.24. The number of aryl methyl sites for hydroxylation is 1. The van der Waals surface area contributed by atoms with Crippen LogP contribution in [0.5, 0.6) is 0 Å². The fraction of sp³-hybridized carbons (Fsp3) is 0.154. The number of fused-ring (bicyclic) bond motifs is 1. The maximum absolute atomic E-state index is 4.63. The highest BCUT2D eigenvalue weighted by Crippen LogP contribution is 2.39. The molecule has 2 heterocycles. The summed E-state index contributed by atoms with van der Waals surface area (Å²) in [5.74, 6) is 1.82. The van der Waals surface area contributed by atoms with Crippen LogP contribution in [0.25, 0.3) is 33.3 Å². The van der Waals surface area contributed by atoms with E-state index in [0.717, 1.165) is 23.3 Å². The van der Waals surface area contributed by atoms with Crippen LogP contribution in [0.1, 0.15) is 17.4 Å². The van der Waals surface area contributed by atoms with Crippen molar-refractivity contribution in [2.24, 2.45) is 0 Å². The minimum Gasteiger partial charge on any atom is -0.302 e. The molecule has 0 aliphatic rings. The molecular formula is C26H23N3S2. The second-order valence-electron chi connectivity index (χ2n) is 7.42. The zero-order chi connectivity index (χ0) is 21.2. The van der Waals surface area contributed by atoms with E-state index in [2.05, 4.69) is 107 Å². The zero-order valence-electron chi connectivity index (χ0n) is 17.6. The summed E-state index contributed by atoms with van der Waals surface area (Å²) in [7, 11) is 0. The summed E-state index contributed by atoms with van der Waals surface area (Å²) in [6.45, 7) is 5.18. The topological polar surface area (TPSA) is 30.7 Å². The van der Waals surface area contributed by atoms with Crippen LogP contribution in [0.15, 0.2) is 83.3 Å². The van der Waals surface area contributed by atoms with E-state index in [1.807, 2.05) is 0 Å². The van der Waals surface area contributed by atoms with Crippen LogP contribution in [0.2, 0.25) is 0 Å². The lowest BCUT2D eigenvalue weighted by Crippen LogP contribution is -2.00. The van der Waals surface area contributed by atoms with Crippen LogP contribution in [-0.4, -0.2) is 14.8 Å². The summed E-state index contributed by atoms with van der Waals surface area (Å²) in [4.78, 5) is 1.30. The van der Waals surface area contributed by atoms with Gasteiger partial charge in [0.05, 0.1) is 0 Å². The molecule has 0 aliphatic carbocycles. The van der Waals surface area contributed by atoms with Gasteiger partial charge in [0.15, 0.2) is 11.0 Å². The minimum atomic E-state index is 0.837. The lowest BCUT2D eigenvalue weighted by Gasteiger charge is -2.10. The zero-order valence-corrected chi connectivity index (χ0v) is 19.2. The van der Waals surface area contributed by atoms with Gasteiger partial charge in [-0.1, -0.05) is 84.6 Å². The Morgan fingerprint density at radius 1 is 0.903 bits per heavy atom. The predicted molar refractivity (Wildman–Crippen MR) is 133 cm³/mol. The molecule has 0 unspecified atom stereocenters. The number of nitrogens with zero attached hydrogens (tertiary/aromatic N) is 3. The maximum Gasteiger partial charge on any atom is 0.191 e. The van der Waals surface area contributed by atoms with Crippen molar-refractivity contribution in [1.82, 2.24) is 14.8 Å². The highest BCUT2D eigenvalue weighted by atomic mass is 32.2. The Balaban J connectivity index is 1.49. The third kappa shape index (κ3) is 3.80. The van der Waals surface area contributed by atoms with Gasteiger partial charge in [0.1, 0.15) is 0 Å². The van der Waals surface area contributed by atoms with Crippen LogP contribution in [0.4, 0.5) is 0 Å². The molecule has 5 heteroatoms. The minimum absolute atomic E-state index is 0.837. The van der Waals surface area contributed by atoms with Gasteiger partial charge in [-0.15, -0.1) is 21.5 Å². The number of rotatable bonds is 6. The van der Waals surface area contributed by atoms with E-state index in [9.17, 15) is 0 Å². The first-order valence-electron chi connectivity index (χ1n) is 10.4. The average Bonchev–Trinajstić information content (AvgIpc) is 3.40. The van der Waals surface area contributed by atoms with E-state index in [0.29, 0.717) is 0 Å². The Hall–Kier alpha value is -2.89. The molecule has 0 amide bonds. The van der Waals surface area contributed by atoms with Gasteiger partial charge < -0.3 is 4.57 Å². The van der Waals surface area contributed by atoms with E-state index in [1.165, 1.54) is 37.9 Å². The Morgan fingerprint density at radius 3 is 2.52 bits per heavy atom. The number of benzene rings is 3. The highest BCUT2D eigenvalue weighted by Gasteiger charge is 2.20. The van der Waals surface area contributed by atoms with Crippen molar-refractivity contribution in [2.45, 2.75) is 31.3 Å². The number of thioether (sulfide) groups is 1. The van der Waals surface area contributed by atoms with Gasteiger partial charge in [-0.05, 0) is 35.7 Å². The number of hydrogen-bond acceptors (Lipinski definition) is 4. The molecule has 0 fully saturated rings. The summed E-state index contributed by atoms with van der Waals surface area (Å²) in [6, 6.07) is 25.6. The second kappa shape index (κ2) is 8.69. The van der Waals surface area contributed by atoms with Gasteiger partial charge in [-0.2, -0.15) is 0 Å². The van der Waals surface area contributed by atoms with Gasteiger partial charge in [-0.3, -0.25) is 0 Å². The molecule has 5 aromatic rings. The third-order valence-electron chi connectivity index (χ3n) is 5.55. The van der Waals surface area contributed by atoms with E-state index in [-0.39, 0.29) is 0 Å². The maximum atomic E-state index is 4.63. The van der Waals surface area contributed by atoms with Crippen molar-refractivity contribution >= 4 is 33.9 Å². The highest BCUT2D eigenvalue weighted by molar-refractivity contribution is 7.98. The van der Waals surface area contributed by atoms with Crippen molar-refractivity contribution < 1.29 is 0 Å². The first-order valence-corrected chi connectivity index (χ1v) is 12.3. The van der Waals surface area contributed by atoms with Crippen molar-refractivity contribution in [1.29, 1.82) is 0 Å². The Morgan fingerprint density at radius 2 is 1.68 bits per heavy atom. The number of thiophene rings is 1. The van der Waals surface area contributed by atoms with E-state index >= 15 is 0 Å². The van der Waals surface area contributed by atoms with Gasteiger partial charge in [0.2, 0.25) is 0 Å². The summed E-state index contributed by atoms with van der Waals surface area (Å²) in [5.41, 5.74) is 4.98. The van der Waals surface area contributed by atoms with Crippen LogP contribution in [0.3, 0.4) is 0 Å². The normalized spacial score (nSPS) is 11.3. The molecule has 31 heavy (non-hydrogen) atoms. The van der Waals surface area contributed by atoms with Crippen LogP contribution >= 0.6 is 23.1 Å². The van der Waals surface area contributed by atoms with Crippen LogP contribution in [-0.2, 0) is 12.3 Å². The van der Waals surface area contributed by atoms with Gasteiger partial charge in [-0.25, -0.2) is 0 Å². The molecular weight excluding hydrogens is 418 g/mol.